The summed E-state index contributed by atoms with van der Waals surface area (Å²) in [5, 5.41) is 15.0. The predicted octanol–water partition coefficient (Wildman–Crippen LogP) is 1.60. The Labute approximate surface area is 120 Å². The molecule has 2 amide bonds. The van der Waals surface area contributed by atoms with Crippen molar-refractivity contribution in [3.05, 3.63) is 0 Å². The summed E-state index contributed by atoms with van der Waals surface area (Å²) < 4.78 is 5.05. The van der Waals surface area contributed by atoms with E-state index in [0.717, 1.165) is 19.3 Å². The van der Waals surface area contributed by atoms with E-state index in [2.05, 4.69) is 10.6 Å². The number of rotatable bonds is 5. The van der Waals surface area contributed by atoms with E-state index < -0.39 is 17.5 Å². The molecule has 0 radical (unpaired) electrons. The molecule has 6 nitrogen and oxygen atoms in total. The van der Waals surface area contributed by atoms with E-state index >= 15 is 0 Å². The number of amides is 2. The summed E-state index contributed by atoms with van der Waals surface area (Å²) in [6.45, 7) is 5.96. The van der Waals surface area contributed by atoms with Crippen LogP contribution in [0.5, 0.6) is 0 Å². The van der Waals surface area contributed by atoms with Crippen LogP contribution in [-0.2, 0) is 9.53 Å². The topological polar surface area (TPSA) is 87.7 Å². The molecular weight excluding hydrogens is 260 g/mol. The molecular formula is C14H26N2O4. The molecule has 0 aromatic carbocycles. The van der Waals surface area contributed by atoms with E-state index in [4.69, 9.17) is 4.74 Å². The number of carbonyl (C=O) groups is 2. The Morgan fingerprint density at radius 1 is 1.35 bits per heavy atom. The van der Waals surface area contributed by atoms with Gasteiger partial charge in [-0.3, -0.25) is 0 Å². The van der Waals surface area contributed by atoms with Crippen molar-refractivity contribution in [3.63, 3.8) is 0 Å². The fourth-order valence-corrected chi connectivity index (χ4v) is 2.94. The second kappa shape index (κ2) is 6.92. The van der Waals surface area contributed by atoms with E-state index in [9.17, 15) is 14.7 Å². The third-order valence-electron chi connectivity index (χ3n) is 4.46. The van der Waals surface area contributed by atoms with E-state index in [-0.39, 0.29) is 17.9 Å². The third-order valence-corrected chi connectivity index (χ3v) is 4.46. The predicted molar refractivity (Wildman–Crippen MR) is 75.6 cm³/mol. The largest absolute Gasteiger partial charge is 0.479 e. The molecule has 1 saturated carbocycles. The smallest absolute Gasteiger partial charge is 0.330 e. The molecule has 6 heteroatoms. The van der Waals surface area contributed by atoms with Crippen LogP contribution < -0.4 is 10.6 Å². The maximum absolute atomic E-state index is 12.0. The number of carboxylic acids is 1. The average Bonchev–Trinajstić information content (AvgIpc) is 2.40. The Kier molecular flexibility index (Phi) is 5.80. The minimum Gasteiger partial charge on any atom is -0.479 e. The highest BCUT2D eigenvalue weighted by Crippen LogP contribution is 2.38. The molecule has 0 saturated heterocycles. The Bertz CT molecular complexity index is 349. The number of carbonyl (C=O) groups excluding carboxylic acids is 1. The first-order valence-corrected chi connectivity index (χ1v) is 7.16. The van der Waals surface area contributed by atoms with Gasteiger partial charge in [-0.25, -0.2) is 9.59 Å². The first kappa shape index (κ1) is 16.8. The van der Waals surface area contributed by atoms with Crippen LogP contribution in [0.1, 0.15) is 40.0 Å². The van der Waals surface area contributed by atoms with Gasteiger partial charge in [0.15, 0.2) is 0 Å². The first-order valence-electron chi connectivity index (χ1n) is 7.16. The van der Waals surface area contributed by atoms with Gasteiger partial charge >= 0.3 is 12.0 Å². The average molecular weight is 286 g/mol. The molecule has 0 aliphatic heterocycles. The van der Waals surface area contributed by atoms with Crippen molar-refractivity contribution < 1.29 is 19.4 Å². The van der Waals surface area contributed by atoms with Crippen molar-refractivity contribution in [2.24, 2.45) is 11.8 Å². The monoisotopic (exact) mass is 286 g/mol. The molecule has 1 aliphatic rings. The number of carboxylic acid groups (broad SMARTS) is 1. The zero-order valence-electron chi connectivity index (χ0n) is 12.7. The van der Waals surface area contributed by atoms with Crippen LogP contribution in [0.25, 0.3) is 0 Å². The Morgan fingerprint density at radius 3 is 2.35 bits per heavy atom. The third kappa shape index (κ3) is 3.42. The molecule has 20 heavy (non-hydrogen) atoms. The maximum Gasteiger partial charge on any atom is 0.330 e. The van der Waals surface area contributed by atoms with Crippen LogP contribution >= 0.6 is 0 Å². The molecule has 0 bridgehead atoms. The molecule has 3 N–H and O–H groups in total. The van der Waals surface area contributed by atoms with Gasteiger partial charge in [0.05, 0.1) is 6.10 Å². The van der Waals surface area contributed by atoms with Gasteiger partial charge < -0.3 is 20.5 Å². The minimum absolute atomic E-state index is 0.0886. The number of methoxy groups -OCH3 is 1. The Hall–Kier alpha value is -1.30. The highest BCUT2D eigenvalue weighted by molar-refractivity contribution is 5.87. The summed E-state index contributed by atoms with van der Waals surface area (Å²) in [5.74, 6) is -1.13. The molecule has 0 heterocycles. The quantitative estimate of drug-likeness (QED) is 0.716. The van der Waals surface area contributed by atoms with Crippen LogP contribution in [0.4, 0.5) is 4.79 Å². The number of ether oxygens (including phenoxy) is 1. The van der Waals surface area contributed by atoms with Gasteiger partial charge in [-0.2, -0.15) is 0 Å². The zero-order chi connectivity index (χ0) is 15.3. The molecule has 0 aromatic rings. The number of hydrogen-bond donors (Lipinski definition) is 3. The molecule has 1 rings (SSSR count). The summed E-state index contributed by atoms with van der Waals surface area (Å²) in [4.78, 5) is 23.8. The summed E-state index contributed by atoms with van der Waals surface area (Å²) in [6.07, 6.45) is 2.51. The molecule has 3 atom stereocenters. The second-order valence-electron chi connectivity index (χ2n) is 5.79. The van der Waals surface area contributed by atoms with Crippen molar-refractivity contribution in [1.29, 1.82) is 0 Å². The Morgan fingerprint density at radius 2 is 1.90 bits per heavy atom. The van der Waals surface area contributed by atoms with Crippen molar-refractivity contribution in [2.75, 3.05) is 13.7 Å². The fraction of sp³-hybridized carbons (Fsp3) is 0.857. The Balaban J connectivity index is 2.76. The first-order chi connectivity index (χ1) is 9.34. The van der Waals surface area contributed by atoms with Gasteiger partial charge in [0.2, 0.25) is 0 Å². The van der Waals surface area contributed by atoms with Gasteiger partial charge in [-0.05, 0) is 31.6 Å². The molecule has 0 aromatic heterocycles. The molecule has 1 aliphatic carbocycles. The number of urea groups is 1. The zero-order valence-corrected chi connectivity index (χ0v) is 12.7. The fourth-order valence-electron chi connectivity index (χ4n) is 2.94. The molecule has 3 unspecified atom stereocenters. The lowest BCUT2D eigenvalue weighted by atomic mass is 9.67. The number of aliphatic carboxylic acids is 1. The van der Waals surface area contributed by atoms with Crippen LogP contribution in [0.3, 0.4) is 0 Å². The van der Waals surface area contributed by atoms with Gasteiger partial charge in [0.25, 0.3) is 0 Å². The van der Waals surface area contributed by atoms with E-state index in [1.165, 1.54) is 0 Å². The lowest BCUT2D eigenvalue weighted by molar-refractivity contribution is -0.151. The second-order valence-corrected chi connectivity index (χ2v) is 5.79. The highest BCUT2D eigenvalue weighted by atomic mass is 16.5. The molecule has 1 fully saturated rings. The van der Waals surface area contributed by atoms with Gasteiger partial charge in [0.1, 0.15) is 5.54 Å². The lowest BCUT2D eigenvalue weighted by Gasteiger charge is -2.44. The summed E-state index contributed by atoms with van der Waals surface area (Å²) in [6, 6.07) is -0.447. The van der Waals surface area contributed by atoms with Crippen molar-refractivity contribution in [1.82, 2.24) is 10.6 Å². The summed E-state index contributed by atoms with van der Waals surface area (Å²) in [7, 11) is 1.56. The summed E-state index contributed by atoms with van der Waals surface area (Å²) >= 11 is 0. The normalized spacial score (nSPS) is 31.4. The van der Waals surface area contributed by atoms with Crippen LogP contribution in [0.15, 0.2) is 0 Å². The van der Waals surface area contributed by atoms with E-state index in [0.29, 0.717) is 6.54 Å². The van der Waals surface area contributed by atoms with Crippen LogP contribution in [0, 0.1) is 11.8 Å². The van der Waals surface area contributed by atoms with Gasteiger partial charge in [-0.1, -0.05) is 20.3 Å². The van der Waals surface area contributed by atoms with Crippen molar-refractivity contribution in [3.8, 4) is 0 Å². The standard InChI is InChI=1S/C14H26N2O4/c1-9-6-5-7-10(2)14(9,12(17)18)16-13(19)15-8-11(3)20-4/h9-11H,5-8H2,1-4H3,(H,17,18)(H2,15,16,19). The van der Waals surface area contributed by atoms with E-state index in [1.54, 1.807) is 7.11 Å². The van der Waals surface area contributed by atoms with Crippen LogP contribution in [0.2, 0.25) is 0 Å². The molecule has 116 valence electrons. The SMILES string of the molecule is COC(C)CNC(=O)NC1(C(=O)O)C(C)CCCC1C. The minimum atomic E-state index is -1.18. The van der Waals surface area contributed by atoms with Gasteiger partial charge in [0, 0.05) is 13.7 Å². The van der Waals surface area contributed by atoms with Crippen molar-refractivity contribution in [2.45, 2.75) is 51.7 Å². The number of nitrogens with one attached hydrogen (secondary N) is 2. The summed E-state index contributed by atoms with van der Waals surface area (Å²) in [5.41, 5.74) is -1.18. The lowest BCUT2D eigenvalue weighted by Crippen LogP contribution is -2.65. The maximum atomic E-state index is 12.0. The van der Waals surface area contributed by atoms with E-state index in [1.807, 2.05) is 20.8 Å². The number of hydrogen-bond acceptors (Lipinski definition) is 3. The van der Waals surface area contributed by atoms with Gasteiger partial charge in [-0.15, -0.1) is 0 Å². The van der Waals surface area contributed by atoms with Crippen molar-refractivity contribution >= 4 is 12.0 Å². The highest BCUT2D eigenvalue weighted by Gasteiger charge is 2.51. The van der Waals surface area contributed by atoms with Crippen LogP contribution in [-0.4, -0.2) is 42.4 Å². The molecule has 0 spiro atoms.